The number of thiol groups is 1. The van der Waals surface area contributed by atoms with Crippen molar-refractivity contribution in [2.24, 2.45) is 0 Å². The van der Waals surface area contributed by atoms with E-state index in [0.717, 1.165) is 0 Å². The average molecular weight is 191 g/mol. The van der Waals surface area contributed by atoms with Crippen LogP contribution in [0.3, 0.4) is 0 Å². The van der Waals surface area contributed by atoms with Crippen LogP contribution in [0.4, 0.5) is 0 Å². The molecule has 0 saturated heterocycles. The van der Waals surface area contributed by atoms with Crippen LogP contribution < -0.4 is 5.32 Å². The van der Waals surface area contributed by atoms with Crippen LogP contribution in [0.2, 0.25) is 0 Å². The molecule has 0 radical (unpaired) electrons. The second kappa shape index (κ2) is 4.72. The molecule has 1 atom stereocenters. The van der Waals surface area contributed by atoms with Crippen LogP contribution >= 0.6 is 12.6 Å². The number of amides is 1. The Morgan fingerprint density at radius 3 is 2.50 bits per heavy atom. The Labute approximate surface area is 79.3 Å². The van der Waals surface area contributed by atoms with Crippen LogP contribution in [0.1, 0.15) is 20.8 Å². The lowest BCUT2D eigenvalue weighted by Crippen LogP contribution is -2.42. The van der Waals surface area contributed by atoms with Gasteiger partial charge in [-0.1, -0.05) is 0 Å². The molecule has 0 fully saturated rings. The Bertz CT molecular complexity index is 157. The maximum absolute atomic E-state index is 11.1. The Kier molecular flexibility index (Phi) is 4.63. The average Bonchev–Trinajstić information content (AvgIpc) is 2.00. The van der Waals surface area contributed by atoms with Gasteiger partial charge in [0.05, 0.1) is 10.9 Å². The first-order chi connectivity index (χ1) is 5.39. The fourth-order valence-corrected chi connectivity index (χ4v) is 0.611. The van der Waals surface area contributed by atoms with E-state index in [0.29, 0.717) is 6.54 Å². The molecular formula is C8H17NO2S. The first-order valence-corrected chi connectivity index (χ1v) is 4.41. The third-order valence-corrected chi connectivity index (χ3v) is 1.85. The summed E-state index contributed by atoms with van der Waals surface area (Å²) in [5.74, 6) is -0.0662. The summed E-state index contributed by atoms with van der Waals surface area (Å²) >= 11 is 4.00. The minimum Gasteiger partial charge on any atom is -0.377 e. The molecule has 1 unspecified atom stereocenters. The topological polar surface area (TPSA) is 38.3 Å². The highest BCUT2D eigenvalue weighted by molar-refractivity contribution is 7.81. The molecule has 0 aromatic carbocycles. The number of nitrogens with one attached hydrogen (secondary N) is 1. The van der Waals surface area contributed by atoms with E-state index in [1.165, 1.54) is 0 Å². The molecular weight excluding hydrogens is 174 g/mol. The maximum Gasteiger partial charge on any atom is 0.232 e. The highest BCUT2D eigenvalue weighted by Crippen LogP contribution is 2.05. The second-order valence-electron chi connectivity index (χ2n) is 3.36. The van der Waals surface area contributed by atoms with Crippen molar-refractivity contribution in [1.29, 1.82) is 0 Å². The molecule has 72 valence electrons. The van der Waals surface area contributed by atoms with Crippen molar-refractivity contribution in [3.05, 3.63) is 0 Å². The highest BCUT2D eigenvalue weighted by Gasteiger charge is 2.18. The summed E-state index contributed by atoms with van der Waals surface area (Å²) < 4.78 is 5.13. The van der Waals surface area contributed by atoms with Gasteiger partial charge in [0.25, 0.3) is 0 Å². The maximum atomic E-state index is 11.1. The smallest absolute Gasteiger partial charge is 0.232 e. The standard InChI is InChI=1S/C8H17NO2S/c1-6(12)7(10)9-5-8(2,3)11-4/h6,12H,5H2,1-4H3,(H,9,10). The summed E-state index contributed by atoms with van der Waals surface area (Å²) in [7, 11) is 1.62. The van der Waals surface area contributed by atoms with Crippen molar-refractivity contribution in [2.45, 2.75) is 31.6 Å². The molecule has 0 rings (SSSR count). The molecule has 4 heteroatoms. The lowest BCUT2D eigenvalue weighted by Gasteiger charge is -2.23. The Morgan fingerprint density at radius 2 is 2.17 bits per heavy atom. The van der Waals surface area contributed by atoms with Crippen LogP contribution in [-0.4, -0.2) is 30.4 Å². The van der Waals surface area contributed by atoms with E-state index in [1.807, 2.05) is 13.8 Å². The van der Waals surface area contributed by atoms with Gasteiger partial charge in [-0.05, 0) is 20.8 Å². The predicted molar refractivity (Wildman–Crippen MR) is 52.5 cm³/mol. The van der Waals surface area contributed by atoms with Crippen LogP contribution in [0.15, 0.2) is 0 Å². The number of methoxy groups -OCH3 is 1. The molecule has 0 heterocycles. The third-order valence-electron chi connectivity index (χ3n) is 1.62. The molecule has 0 saturated carbocycles. The first-order valence-electron chi connectivity index (χ1n) is 3.90. The van der Waals surface area contributed by atoms with Crippen molar-refractivity contribution in [2.75, 3.05) is 13.7 Å². The summed E-state index contributed by atoms with van der Waals surface area (Å²) in [4.78, 5) is 11.1. The second-order valence-corrected chi connectivity index (χ2v) is 4.13. The van der Waals surface area contributed by atoms with Crippen LogP contribution in [-0.2, 0) is 9.53 Å². The number of carbonyl (C=O) groups is 1. The summed E-state index contributed by atoms with van der Waals surface area (Å²) in [5, 5.41) is 2.47. The van der Waals surface area contributed by atoms with Gasteiger partial charge in [0.15, 0.2) is 0 Å². The summed E-state index contributed by atoms with van der Waals surface area (Å²) in [6.45, 7) is 6.07. The molecule has 1 N–H and O–H groups in total. The van der Waals surface area contributed by atoms with Gasteiger partial charge in [0.2, 0.25) is 5.91 Å². The number of rotatable bonds is 4. The largest absolute Gasteiger partial charge is 0.377 e. The Morgan fingerprint density at radius 1 is 1.67 bits per heavy atom. The van der Waals surface area contributed by atoms with Crippen LogP contribution in [0, 0.1) is 0 Å². The van der Waals surface area contributed by atoms with Crippen molar-refractivity contribution in [3.8, 4) is 0 Å². The fraction of sp³-hybridized carbons (Fsp3) is 0.875. The quantitative estimate of drug-likeness (QED) is 0.646. The molecule has 3 nitrogen and oxygen atoms in total. The third kappa shape index (κ3) is 4.62. The fourth-order valence-electron chi connectivity index (χ4n) is 0.520. The Balaban J connectivity index is 3.76. The van der Waals surface area contributed by atoms with E-state index in [4.69, 9.17) is 4.74 Å². The molecule has 0 spiro atoms. The van der Waals surface area contributed by atoms with E-state index in [1.54, 1.807) is 14.0 Å². The number of carbonyl (C=O) groups excluding carboxylic acids is 1. The van der Waals surface area contributed by atoms with Gasteiger partial charge in [-0.3, -0.25) is 4.79 Å². The summed E-state index contributed by atoms with van der Waals surface area (Å²) in [5.41, 5.74) is -0.307. The number of ether oxygens (including phenoxy) is 1. The zero-order chi connectivity index (χ0) is 9.78. The summed E-state index contributed by atoms with van der Waals surface area (Å²) in [6, 6.07) is 0. The van der Waals surface area contributed by atoms with Gasteiger partial charge in [-0.15, -0.1) is 0 Å². The van der Waals surface area contributed by atoms with E-state index in [9.17, 15) is 4.79 Å². The van der Waals surface area contributed by atoms with Gasteiger partial charge in [-0.2, -0.15) is 12.6 Å². The number of hydrogen-bond acceptors (Lipinski definition) is 3. The SMILES string of the molecule is COC(C)(C)CNC(=O)C(C)S. The minimum absolute atomic E-state index is 0.0662. The zero-order valence-corrected chi connectivity index (χ0v) is 8.94. The molecule has 0 bridgehead atoms. The van der Waals surface area contributed by atoms with Gasteiger partial charge >= 0.3 is 0 Å². The van der Waals surface area contributed by atoms with Gasteiger partial charge in [-0.25, -0.2) is 0 Å². The monoisotopic (exact) mass is 191 g/mol. The lowest BCUT2D eigenvalue weighted by atomic mass is 10.1. The van der Waals surface area contributed by atoms with Crippen molar-refractivity contribution in [3.63, 3.8) is 0 Å². The van der Waals surface area contributed by atoms with Crippen molar-refractivity contribution >= 4 is 18.5 Å². The normalized spacial score (nSPS) is 14.1. The first kappa shape index (κ1) is 11.8. The number of hydrogen-bond donors (Lipinski definition) is 2. The van der Waals surface area contributed by atoms with Crippen LogP contribution in [0.25, 0.3) is 0 Å². The molecule has 0 aliphatic carbocycles. The van der Waals surface area contributed by atoms with Crippen molar-refractivity contribution < 1.29 is 9.53 Å². The highest BCUT2D eigenvalue weighted by atomic mass is 32.1. The van der Waals surface area contributed by atoms with Gasteiger partial charge < -0.3 is 10.1 Å². The van der Waals surface area contributed by atoms with E-state index >= 15 is 0 Å². The molecule has 0 aromatic rings. The van der Waals surface area contributed by atoms with Gasteiger partial charge in [0, 0.05) is 13.7 Å². The van der Waals surface area contributed by atoms with Gasteiger partial charge in [0.1, 0.15) is 0 Å². The molecule has 0 aromatic heterocycles. The molecule has 0 aliphatic heterocycles. The van der Waals surface area contributed by atoms with E-state index in [-0.39, 0.29) is 16.8 Å². The Hall–Kier alpha value is -0.220. The van der Waals surface area contributed by atoms with E-state index in [2.05, 4.69) is 17.9 Å². The predicted octanol–water partition coefficient (Wildman–Crippen LogP) is 0.846. The molecule has 1 amide bonds. The summed E-state index contributed by atoms with van der Waals surface area (Å²) in [6.07, 6.45) is 0. The van der Waals surface area contributed by atoms with Crippen molar-refractivity contribution in [1.82, 2.24) is 5.32 Å². The molecule has 12 heavy (non-hydrogen) atoms. The lowest BCUT2D eigenvalue weighted by molar-refractivity contribution is -0.121. The van der Waals surface area contributed by atoms with E-state index < -0.39 is 0 Å². The van der Waals surface area contributed by atoms with Crippen LogP contribution in [0.5, 0.6) is 0 Å². The minimum atomic E-state index is -0.307. The molecule has 0 aliphatic rings. The zero-order valence-electron chi connectivity index (χ0n) is 8.05.